The molecule has 1 aromatic carbocycles. The van der Waals surface area contributed by atoms with E-state index in [4.69, 9.17) is 14.2 Å². The Morgan fingerprint density at radius 3 is 2.42 bits per heavy atom. The van der Waals surface area contributed by atoms with Gasteiger partial charge < -0.3 is 19.5 Å². The number of anilines is 1. The molecular formula is C20H31NO5. The number of carbonyl (C=O) groups excluding carboxylic acids is 2. The number of carbonyl (C=O) groups is 2. The van der Waals surface area contributed by atoms with Gasteiger partial charge in [-0.25, -0.2) is 4.79 Å². The van der Waals surface area contributed by atoms with Gasteiger partial charge in [0.2, 0.25) is 0 Å². The molecule has 6 nitrogen and oxygen atoms in total. The molecule has 6 heteroatoms. The Kier molecular flexibility index (Phi) is 9.13. The van der Waals surface area contributed by atoms with Gasteiger partial charge >= 0.3 is 5.97 Å². The lowest BCUT2D eigenvalue weighted by atomic mass is 9.96. The Bertz CT molecular complexity index is 602. The number of unbranched alkanes of at least 4 members (excludes halogenated alkanes) is 2. The molecule has 26 heavy (non-hydrogen) atoms. The molecule has 0 radical (unpaired) electrons. The number of hydrogen-bond donors (Lipinski definition) is 1. The quantitative estimate of drug-likeness (QED) is 0.470. The van der Waals surface area contributed by atoms with Gasteiger partial charge in [0, 0.05) is 12.3 Å². The van der Waals surface area contributed by atoms with Crippen molar-refractivity contribution in [3.05, 3.63) is 23.8 Å². The van der Waals surface area contributed by atoms with Crippen LogP contribution in [0.2, 0.25) is 0 Å². The van der Waals surface area contributed by atoms with Gasteiger partial charge in [-0.1, -0.05) is 26.2 Å². The van der Waals surface area contributed by atoms with E-state index >= 15 is 0 Å². The first kappa shape index (κ1) is 22.0. The van der Waals surface area contributed by atoms with E-state index in [9.17, 15) is 9.59 Å². The van der Waals surface area contributed by atoms with Crippen LogP contribution in [0.25, 0.3) is 0 Å². The average Bonchev–Trinajstić information content (AvgIpc) is 2.63. The highest BCUT2D eigenvalue weighted by atomic mass is 16.5. The van der Waals surface area contributed by atoms with Gasteiger partial charge in [-0.3, -0.25) is 4.79 Å². The molecule has 1 N–H and O–H groups in total. The van der Waals surface area contributed by atoms with Crippen LogP contribution in [0.1, 0.15) is 63.7 Å². The summed E-state index contributed by atoms with van der Waals surface area (Å²) in [6, 6.07) is 4.92. The maximum Gasteiger partial charge on any atom is 0.341 e. The number of amides is 1. The fourth-order valence-corrected chi connectivity index (χ4v) is 2.70. The van der Waals surface area contributed by atoms with Crippen LogP contribution < -0.4 is 10.1 Å². The number of methoxy groups -OCH3 is 1. The van der Waals surface area contributed by atoms with Crippen molar-refractivity contribution in [1.82, 2.24) is 0 Å². The van der Waals surface area contributed by atoms with E-state index in [0.29, 0.717) is 31.1 Å². The Balaban J connectivity index is 3.00. The summed E-state index contributed by atoms with van der Waals surface area (Å²) in [5.41, 5.74) is -0.134. The second-order valence-corrected chi connectivity index (χ2v) is 6.21. The highest BCUT2D eigenvalue weighted by molar-refractivity contribution is 5.99. The van der Waals surface area contributed by atoms with Crippen LogP contribution in [-0.2, 0) is 14.3 Å². The molecule has 0 fully saturated rings. The van der Waals surface area contributed by atoms with Gasteiger partial charge in [0.1, 0.15) is 16.9 Å². The minimum absolute atomic E-state index is 0.226. The molecule has 0 bridgehead atoms. The molecule has 0 heterocycles. The van der Waals surface area contributed by atoms with Crippen LogP contribution in [0.4, 0.5) is 5.69 Å². The molecule has 0 aliphatic carbocycles. The lowest BCUT2D eigenvalue weighted by molar-refractivity contribution is -0.139. The minimum atomic E-state index is -0.909. The van der Waals surface area contributed by atoms with Gasteiger partial charge in [0.15, 0.2) is 0 Å². The molecule has 0 aliphatic heterocycles. The largest absolute Gasteiger partial charge is 0.493 e. The number of ether oxygens (including phenoxy) is 3. The molecular weight excluding hydrogens is 334 g/mol. The SMILES string of the molecule is CCCCC[C@](C)(OCC)C(=O)Nc1ccc(OCC)c(C(=O)OC)c1. The molecule has 0 spiro atoms. The van der Waals surface area contributed by atoms with Crippen molar-refractivity contribution >= 4 is 17.6 Å². The lowest BCUT2D eigenvalue weighted by Crippen LogP contribution is -2.42. The third-order valence-corrected chi connectivity index (χ3v) is 4.14. The third kappa shape index (κ3) is 6.02. The zero-order valence-electron chi connectivity index (χ0n) is 16.5. The van der Waals surface area contributed by atoms with E-state index < -0.39 is 11.6 Å². The first-order valence-corrected chi connectivity index (χ1v) is 9.22. The smallest absolute Gasteiger partial charge is 0.341 e. The van der Waals surface area contributed by atoms with Gasteiger partial charge in [-0.15, -0.1) is 0 Å². The van der Waals surface area contributed by atoms with Gasteiger partial charge in [-0.2, -0.15) is 0 Å². The maximum absolute atomic E-state index is 12.8. The van der Waals surface area contributed by atoms with E-state index in [1.54, 1.807) is 25.1 Å². The normalized spacial score (nSPS) is 13.0. The third-order valence-electron chi connectivity index (χ3n) is 4.14. The summed E-state index contributed by atoms with van der Waals surface area (Å²) in [7, 11) is 1.31. The first-order chi connectivity index (χ1) is 12.4. The van der Waals surface area contributed by atoms with E-state index in [1.807, 2.05) is 13.8 Å². The molecule has 0 unspecified atom stereocenters. The van der Waals surface area contributed by atoms with Crippen molar-refractivity contribution < 1.29 is 23.8 Å². The standard InChI is InChI=1S/C20H31NO5/c1-6-9-10-13-20(4,26-8-3)19(23)21-15-11-12-17(25-7-2)16(14-15)18(22)24-5/h11-12,14H,6-10,13H2,1-5H3,(H,21,23)/t20-/m0/s1. The van der Waals surface area contributed by atoms with Crippen molar-refractivity contribution in [3.8, 4) is 5.75 Å². The fourth-order valence-electron chi connectivity index (χ4n) is 2.70. The summed E-state index contributed by atoms with van der Waals surface area (Å²) < 4.78 is 16.0. The van der Waals surface area contributed by atoms with Crippen LogP contribution >= 0.6 is 0 Å². The number of benzene rings is 1. The van der Waals surface area contributed by atoms with Crippen LogP contribution in [0.3, 0.4) is 0 Å². The molecule has 1 amide bonds. The summed E-state index contributed by atoms with van der Waals surface area (Å²) >= 11 is 0. The highest BCUT2D eigenvalue weighted by Gasteiger charge is 2.33. The van der Waals surface area contributed by atoms with Crippen molar-refractivity contribution in [2.24, 2.45) is 0 Å². The van der Waals surface area contributed by atoms with Crippen molar-refractivity contribution in [2.75, 3.05) is 25.6 Å². The maximum atomic E-state index is 12.8. The van der Waals surface area contributed by atoms with Crippen LogP contribution in [0.15, 0.2) is 18.2 Å². The monoisotopic (exact) mass is 365 g/mol. The summed E-state index contributed by atoms with van der Waals surface area (Å²) in [5, 5.41) is 2.86. The Hall–Kier alpha value is -2.08. The summed E-state index contributed by atoms with van der Waals surface area (Å²) in [4.78, 5) is 24.8. The Morgan fingerprint density at radius 1 is 1.12 bits per heavy atom. The Labute approximate surface area is 156 Å². The van der Waals surface area contributed by atoms with Crippen molar-refractivity contribution in [2.45, 2.75) is 59.0 Å². The average molecular weight is 365 g/mol. The molecule has 0 aliphatic rings. The zero-order chi connectivity index (χ0) is 19.6. The summed E-state index contributed by atoms with van der Waals surface area (Å²) in [6.45, 7) is 8.50. The molecule has 0 saturated heterocycles. The molecule has 1 aromatic rings. The molecule has 1 rings (SSSR count). The second-order valence-electron chi connectivity index (χ2n) is 6.21. The molecule has 146 valence electrons. The fraction of sp³-hybridized carbons (Fsp3) is 0.600. The van der Waals surface area contributed by atoms with E-state index in [0.717, 1.165) is 19.3 Å². The second kappa shape index (κ2) is 10.8. The number of nitrogens with one attached hydrogen (secondary N) is 1. The predicted octanol–water partition coefficient (Wildman–Crippen LogP) is 4.19. The van der Waals surface area contributed by atoms with Gasteiger partial charge in [-0.05, 0) is 45.4 Å². The van der Waals surface area contributed by atoms with Gasteiger partial charge in [0.25, 0.3) is 5.91 Å². The van der Waals surface area contributed by atoms with E-state index in [2.05, 4.69) is 12.2 Å². The first-order valence-electron chi connectivity index (χ1n) is 9.22. The predicted molar refractivity (Wildman–Crippen MR) is 102 cm³/mol. The number of esters is 1. The van der Waals surface area contributed by atoms with Gasteiger partial charge in [0.05, 0.1) is 13.7 Å². The van der Waals surface area contributed by atoms with Crippen molar-refractivity contribution in [3.63, 3.8) is 0 Å². The van der Waals surface area contributed by atoms with Crippen LogP contribution in [0, 0.1) is 0 Å². The highest BCUT2D eigenvalue weighted by Crippen LogP contribution is 2.26. The Morgan fingerprint density at radius 2 is 1.85 bits per heavy atom. The molecule has 1 atom stereocenters. The molecule has 0 saturated carbocycles. The van der Waals surface area contributed by atoms with E-state index in [1.165, 1.54) is 7.11 Å². The number of hydrogen-bond acceptors (Lipinski definition) is 5. The summed E-state index contributed by atoms with van der Waals surface area (Å²) in [6.07, 6.45) is 3.68. The van der Waals surface area contributed by atoms with E-state index in [-0.39, 0.29) is 11.5 Å². The lowest BCUT2D eigenvalue weighted by Gasteiger charge is -2.28. The van der Waals surface area contributed by atoms with Crippen LogP contribution in [0.5, 0.6) is 5.75 Å². The zero-order valence-corrected chi connectivity index (χ0v) is 16.5. The minimum Gasteiger partial charge on any atom is -0.493 e. The summed E-state index contributed by atoms with van der Waals surface area (Å²) in [5.74, 6) is -0.316. The van der Waals surface area contributed by atoms with Crippen molar-refractivity contribution in [1.29, 1.82) is 0 Å². The number of rotatable bonds is 11. The van der Waals surface area contributed by atoms with Crippen LogP contribution in [-0.4, -0.2) is 37.8 Å². The topological polar surface area (TPSA) is 73.9 Å². The molecule has 0 aromatic heterocycles.